The van der Waals surface area contributed by atoms with Crippen molar-refractivity contribution in [1.29, 1.82) is 0 Å². The zero-order valence-corrected chi connectivity index (χ0v) is 31.7. The van der Waals surface area contributed by atoms with E-state index in [1.807, 2.05) is 0 Å². The number of phosphoric ester groups is 1. The van der Waals surface area contributed by atoms with Crippen LogP contribution in [0, 0.1) is 0 Å². The van der Waals surface area contributed by atoms with Crippen LogP contribution in [0.15, 0.2) is 0 Å². The van der Waals surface area contributed by atoms with Crippen LogP contribution >= 0.6 is 7.82 Å². The maximum Gasteiger partial charge on any atom is 0.472 e. The fraction of sp³-hybridized carbons (Fsp3) is 1.00. The molecule has 0 spiro atoms. The zero-order chi connectivity index (χ0) is 33.7. The molecule has 0 aliphatic heterocycles. The van der Waals surface area contributed by atoms with Crippen LogP contribution in [0.2, 0.25) is 0 Å². The van der Waals surface area contributed by atoms with Crippen molar-refractivity contribution in [3.8, 4) is 0 Å². The topological polar surface area (TPSA) is 100 Å². The van der Waals surface area contributed by atoms with Gasteiger partial charge in [0, 0.05) is 13.2 Å². The lowest BCUT2D eigenvalue weighted by Crippen LogP contribution is -2.26. The Morgan fingerprint density at radius 2 is 0.848 bits per heavy atom. The van der Waals surface area contributed by atoms with Crippen LogP contribution in [0.5, 0.6) is 0 Å². The van der Waals surface area contributed by atoms with Crippen LogP contribution in [0.25, 0.3) is 0 Å². The molecule has 1 unspecified atom stereocenters. The second-order valence-electron chi connectivity index (χ2n) is 13.5. The highest BCUT2D eigenvalue weighted by Crippen LogP contribution is 2.43. The van der Waals surface area contributed by atoms with E-state index < -0.39 is 7.82 Å². The fourth-order valence-electron chi connectivity index (χ4n) is 5.78. The van der Waals surface area contributed by atoms with Crippen molar-refractivity contribution in [1.82, 2.24) is 0 Å². The molecule has 0 aliphatic rings. The first-order valence-corrected chi connectivity index (χ1v) is 21.6. The smallest absolute Gasteiger partial charge is 0.379 e. The molecule has 0 saturated heterocycles. The van der Waals surface area contributed by atoms with E-state index in [0.717, 1.165) is 19.3 Å². The van der Waals surface area contributed by atoms with Gasteiger partial charge in [-0.25, -0.2) is 4.57 Å². The summed E-state index contributed by atoms with van der Waals surface area (Å²) in [5.41, 5.74) is 5.45. The maximum atomic E-state index is 12.2. The first kappa shape index (κ1) is 46.0. The summed E-state index contributed by atoms with van der Waals surface area (Å²) in [6.45, 7) is 6.69. The lowest BCUT2D eigenvalue weighted by atomic mass is 10.0. The van der Waals surface area contributed by atoms with E-state index in [-0.39, 0.29) is 19.3 Å². The van der Waals surface area contributed by atoms with Crippen LogP contribution in [-0.4, -0.2) is 50.6 Å². The Morgan fingerprint density at radius 1 is 0.478 bits per heavy atom. The Kier molecular flexibility index (Phi) is 37.8. The molecule has 0 radical (unpaired) electrons. The van der Waals surface area contributed by atoms with Gasteiger partial charge in [0.25, 0.3) is 0 Å². The highest BCUT2D eigenvalue weighted by atomic mass is 31.2. The molecule has 8 heteroatoms. The monoisotopic (exact) mass is 678 g/mol. The molecule has 0 saturated carbocycles. The highest BCUT2D eigenvalue weighted by molar-refractivity contribution is 7.47. The third-order valence-electron chi connectivity index (χ3n) is 8.82. The van der Waals surface area contributed by atoms with Crippen LogP contribution in [-0.2, 0) is 23.1 Å². The predicted molar refractivity (Wildman–Crippen MR) is 197 cm³/mol. The molecule has 0 rings (SSSR count). The lowest BCUT2D eigenvalue weighted by Gasteiger charge is -2.20. The van der Waals surface area contributed by atoms with Gasteiger partial charge in [0.05, 0.1) is 19.8 Å². The van der Waals surface area contributed by atoms with E-state index in [9.17, 15) is 9.46 Å². The van der Waals surface area contributed by atoms with Gasteiger partial charge >= 0.3 is 7.82 Å². The normalized spacial score (nSPS) is 13.7. The van der Waals surface area contributed by atoms with Gasteiger partial charge in [0.1, 0.15) is 6.10 Å². The lowest BCUT2D eigenvalue weighted by molar-refractivity contribution is -0.0444. The minimum Gasteiger partial charge on any atom is -0.379 e. The van der Waals surface area contributed by atoms with Gasteiger partial charge in [0.2, 0.25) is 0 Å². The molecule has 0 aromatic rings. The standard InChI is InChI=1S/C38H80NO6P/c1-3-5-7-9-11-13-15-17-19-21-23-25-27-29-33-42-36-38(37-45-46(40,41)44-35-31-32-39)43-34-30-28-26-24-22-20-18-16-14-12-10-8-6-4-2/h38H,3-37,39H2,1-2H3,(H,40,41)/t38-/m1/s1. The number of unbranched alkanes of at least 4 members (excludes halogenated alkanes) is 26. The Balaban J connectivity index is 3.95. The Morgan fingerprint density at radius 3 is 1.24 bits per heavy atom. The van der Waals surface area contributed by atoms with Crippen molar-refractivity contribution in [3.63, 3.8) is 0 Å². The second-order valence-corrected chi connectivity index (χ2v) is 15.0. The van der Waals surface area contributed by atoms with Crippen LogP contribution < -0.4 is 5.73 Å². The SMILES string of the molecule is CCCCCCCCCCCCCCCCOC[C@H](COP(=O)(O)OCCCN)OCCCCCCCCCCCCCCCC. The van der Waals surface area contributed by atoms with Crippen LogP contribution in [0.1, 0.15) is 200 Å². The second kappa shape index (κ2) is 37.8. The average Bonchev–Trinajstić information content (AvgIpc) is 3.04. The highest BCUT2D eigenvalue weighted by Gasteiger charge is 2.23. The summed E-state index contributed by atoms with van der Waals surface area (Å²) < 4.78 is 34.4. The molecule has 0 aromatic carbocycles. The van der Waals surface area contributed by atoms with Crippen molar-refractivity contribution >= 4 is 7.82 Å². The van der Waals surface area contributed by atoms with Crippen molar-refractivity contribution in [2.24, 2.45) is 5.73 Å². The first-order valence-electron chi connectivity index (χ1n) is 20.1. The largest absolute Gasteiger partial charge is 0.472 e. The summed E-state index contributed by atoms with van der Waals surface area (Å²) >= 11 is 0. The molecular weight excluding hydrogens is 597 g/mol. The van der Waals surface area contributed by atoms with Gasteiger partial charge in [-0.1, -0.05) is 181 Å². The number of ether oxygens (including phenoxy) is 2. The van der Waals surface area contributed by atoms with E-state index >= 15 is 0 Å². The van der Waals surface area contributed by atoms with Gasteiger partial charge in [-0.3, -0.25) is 9.05 Å². The molecule has 7 nitrogen and oxygen atoms in total. The first-order chi connectivity index (χ1) is 22.6. The maximum absolute atomic E-state index is 12.2. The van der Waals surface area contributed by atoms with Crippen molar-refractivity contribution in [3.05, 3.63) is 0 Å². The van der Waals surface area contributed by atoms with Crippen LogP contribution in [0.3, 0.4) is 0 Å². The molecule has 2 atom stereocenters. The zero-order valence-electron chi connectivity index (χ0n) is 30.8. The third-order valence-corrected chi connectivity index (χ3v) is 9.81. The Labute approximate surface area is 286 Å². The average molecular weight is 678 g/mol. The number of hydrogen-bond donors (Lipinski definition) is 2. The molecule has 0 fully saturated rings. The summed E-state index contributed by atoms with van der Waals surface area (Å²) in [6, 6.07) is 0. The minimum atomic E-state index is -4.12. The molecule has 0 amide bonds. The minimum absolute atomic E-state index is 0.0201. The summed E-state index contributed by atoms with van der Waals surface area (Å²) in [4.78, 5) is 9.98. The Hall–Kier alpha value is -0.0100. The van der Waals surface area contributed by atoms with Crippen molar-refractivity contribution < 1.29 is 28.0 Å². The third kappa shape index (κ3) is 36.8. The summed E-state index contributed by atoms with van der Waals surface area (Å²) in [5, 5.41) is 0. The number of rotatable bonds is 40. The molecule has 0 bridgehead atoms. The predicted octanol–water partition coefficient (Wildman–Crippen LogP) is 11.8. The van der Waals surface area contributed by atoms with E-state index in [1.54, 1.807) is 0 Å². The van der Waals surface area contributed by atoms with E-state index in [0.29, 0.717) is 32.8 Å². The molecular formula is C38H80NO6P. The van der Waals surface area contributed by atoms with Gasteiger partial charge in [0.15, 0.2) is 0 Å². The van der Waals surface area contributed by atoms with Gasteiger partial charge < -0.3 is 20.1 Å². The van der Waals surface area contributed by atoms with E-state index in [4.69, 9.17) is 24.3 Å². The molecule has 46 heavy (non-hydrogen) atoms. The molecule has 3 N–H and O–H groups in total. The number of phosphoric acid groups is 1. The van der Waals surface area contributed by atoms with Gasteiger partial charge in [-0.15, -0.1) is 0 Å². The van der Waals surface area contributed by atoms with E-state index in [1.165, 1.54) is 161 Å². The fourth-order valence-corrected chi connectivity index (χ4v) is 6.57. The molecule has 0 aromatic heterocycles. The van der Waals surface area contributed by atoms with Gasteiger partial charge in [-0.2, -0.15) is 0 Å². The Bertz CT molecular complexity index is 626. The van der Waals surface area contributed by atoms with Crippen molar-refractivity contribution in [2.45, 2.75) is 206 Å². The van der Waals surface area contributed by atoms with Crippen molar-refractivity contribution in [2.75, 3.05) is 39.6 Å². The number of hydrogen-bond acceptors (Lipinski definition) is 6. The molecule has 278 valence electrons. The van der Waals surface area contributed by atoms with Gasteiger partial charge in [-0.05, 0) is 25.8 Å². The molecule has 0 heterocycles. The van der Waals surface area contributed by atoms with E-state index in [2.05, 4.69) is 13.8 Å². The summed E-state index contributed by atoms with van der Waals surface area (Å²) in [5.74, 6) is 0. The van der Waals surface area contributed by atoms with Crippen LogP contribution in [0.4, 0.5) is 0 Å². The number of nitrogens with two attached hydrogens (primary N) is 1. The quantitative estimate of drug-likeness (QED) is 0.0491. The summed E-state index contributed by atoms with van der Waals surface area (Å²) in [6.07, 6.45) is 37.3. The molecule has 0 aliphatic carbocycles. The summed E-state index contributed by atoms with van der Waals surface area (Å²) in [7, 11) is -4.12.